The minimum absolute atomic E-state index is 1.28. The second-order valence-electron chi connectivity index (χ2n) is 3.13. The van der Waals surface area contributed by atoms with Crippen LogP contribution in [0.25, 0.3) is 0 Å². The first-order chi connectivity index (χ1) is 5.15. The maximum absolute atomic E-state index is 2.28. The zero-order valence-electron chi connectivity index (χ0n) is 7.57. The van der Waals surface area contributed by atoms with Crippen LogP contribution >= 0.6 is 0 Å². The summed E-state index contributed by atoms with van der Waals surface area (Å²) in [4.78, 5) is 0. The average Bonchev–Trinajstić information content (AvgIpc) is 1.85. The van der Waals surface area contributed by atoms with Crippen molar-refractivity contribution < 1.29 is 18.3 Å². The van der Waals surface area contributed by atoms with Gasteiger partial charge in [-0.05, 0) is 0 Å². The Balaban J connectivity index is 3.25. The van der Waals surface area contributed by atoms with E-state index < -0.39 is 0 Å². The predicted molar refractivity (Wildman–Crippen MR) is 44.4 cm³/mol. The van der Waals surface area contributed by atoms with Crippen molar-refractivity contribution in [1.29, 1.82) is 0 Å². The third-order valence-electron chi connectivity index (χ3n) is 2.09. The fourth-order valence-corrected chi connectivity index (χ4v) is 3.26. The van der Waals surface area contributed by atoms with Crippen molar-refractivity contribution in [3.05, 3.63) is 34.4 Å². The summed E-state index contributed by atoms with van der Waals surface area (Å²) in [6.45, 7) is 6.59. The van der Waals surface area contributed by atoms with E-state index in [1.165, 1.54) is 40.0 Å². The molecule has 0 unspecified atom stereocenters. The zero-order chi connectivity index (χ0) is 8.43. The topological polar surface area (TPSA) is 0 Å². The third-order valence-corrected chi connectivity index (χ3v) is 3.14. The van der Waals surface area contributed by atoms with Crippen LogP contribution in [0.3, 0.4) is 0 Å². The van der Waals surface area contributed by atoms with Gasteiger partial charge in [0.25, 0.3) is 0 Å². The van der Waals surface area contributed by atoms with Crippen molar-refractivity contribution in [2.45, 2.75) is 25.8 Å². The van der Waals surface area contributed by atoms with Gasteiger partial charge < -0.3 is 0 Å². The van der Waals surface area contributed by atoms with Crippen LogP contribution in [0, 0.1) is 20.8 Å². The van der Waals surface area contributed by atoms with E-state index in [-0.39, 0.29) is 0 Å². The summed E-state index contributed by atoms with van der Waals surface area (Å²) < 4.78 is 0. The van der Waals surface area contributed by atoms with Crippen molar-refractivity contribution in [2.24, 2.45) is 0 Å². The Morgan fingerprint density at radius 2 is 1.55 bits per heavy atom. The van der Waals surface area contributed by atoms with Gasteiger partial charge in [0.15, 0.2) is 0 Å². The molecule has 0 nitrogen and oxygen atoms in total. The zero-order valence-corrected chi connectivity index (χ0v) is 10.5. The number of hydrogen-bond donors (Lipinski definition) is 0. The van der Waals surface area contributed by atoms with Crippen LogP contribution in [0.1, 0.15) is 22.3 Å². The second kappa shape index (κ2) is 3.49. The monoisotopic (exact) mass is 197 g/mol. The summed E-state index contributed by atoms with van der Waals surface area (Å²) in [5, 5.41) is 1.28. The second-order valence-corrected chi connectivity index (χ2v) is 4.18. The Morgan fingerprint density at radius 1 is 1.09 bits per heavy atom. The van der Waals surface area contributed by atoms with Gasteiger partial charge in [0.1, 0.15) is 0 Å². The molecule has 0 radical (unpaired) electrons. The molecular weight excluding hydrogens is 185 g/mol. The van der Waals surface area contributed by atoms with E-state index in [0.29, 0.717) is 0 Å². The van der Waals surface area contributed by atoms with Gasteiger partial charge in [-0.15, -0.1) is 0 Å². The molecule has 0 spiro atoms. The molecule has 0 aliphatic carbocycles. The first kappa shape index (κ1) is 8.94. The van der Waals surface area contributed by atoms with Gasteiger partial charge in [0, 0.05) is 0 Å². The number of benzene rings is 1. The standard InChI is InChI=1S/C10H13.Zn/c1-7-5-8(2)10(4)9(3)6-7;/h5-6H,4H2,1-3H3;. The summed E-state index contributed by atoms with van der Waals surface area (Å²) in [5.74, 6) is 0. The van der Waals surface area contributed by atoms with Gasteiger partial charge in [0.2, 0.25) is 0 Å². The van der Waals surface area contributed by atoms with Gasteiger partial charge in [-0.25, -0.2) is 0 Å². The predicted octanol–water partition coefficient (Wildman–Crippen LogP) is 2.66. The normalized spacial score (nSPS) is 10.3. The van der Waals surface area contributed by atoms with E-state index in [2.05, 4.69) is 32.9 Å². The molecule has 0 saturated heterocycles. The molecule has 0 bridgehead atoms. The number of hydrogen-bond acceptors (Lipinski definition) is 0. The fraction of sp³-hybridized carbons (Fsp3) is 0.400. The van der Waals surface area contributed by atoms with Crippen LogP contribution < -0.4 is 0 Å². The molecule has 0 aliphatic heterocycles. The molecule has 0 amide bonds. The summed E-state index contributed by atoms with van der Waals surface area (Å²) >= 11 is 1.37. The molecule has 0 atom stereocenters. The van der Waals surface area contributed by atoms with E-state index in [1.54, 1.807) is 5.56 Å². The van der Waals surface area contributed by atoms with E-state index in [0.717, 1.165) is 0 Å². The Bertz CT molecular complexity index is 241. The summed E-state index contributed by atoms with van der Waals surface area (Å²) in [5.41, 5.74) is 5.88. The van der Waals surface area contributed by atoms with E-state index >= 15 is 0 Å². The van der Waals surface area contributed by atoms with Crippen LogP contribution in [0.15, 0.2) is 12.1 Å². The first-order valence-corrected chi connectivity index (χ1v) is 6.11. The van der Waals surface area contributed by atoms with Gasteiger partial charge >= 0.3 is 78.5 Å². The van der Waals surface area contributed by atoms with Crippen LogP contribution in [0.5, 0.6) is 0 Å². The van der Waals surface area contributed by atoms with Crippen LogP contribution in [-0.2, 0) is 23.3 Å². The molecule has 1 rings (SSSR count). The number of rotatable bonds is 1. The fourth-order valence-electron chi connectivity index (χ4n) is 1.60. The van der Waals surface area contributed by atoms with Crippen molar-refractivity contribution in [1.82, 2.24) is 0 Å². The molecular formula is C10H13Zn. The van der Waals surface area contributed by atoms with Gasteiger partial charge in [-0.3, -0.25) is 0 Å². The van der Waals surface area contributed by atoms with Crippen molar-refractivity contribution in [2.75, 3.05) is 0 Å². The summed E-state index contributed by atoms with van der Waals surface area (Å²) in [6.07, 6.45) is 0. The van der Waals surface area contributed by atoms with E-state index in [9.17, 15) is 0 Å². The average molecular weight is 199 g/mol. The van der Waals surface area contributed by atoms with Gasteiger partial charge in [-0.1, -0.05) is 0 Å². The Morgan fingerprint density at radius 3 is 1.91 bits per heavy atom. The third kappa shape index (κ3) is 1.90. The molecule has 0 aliphatic rings. The summed E-state index contributed by atoms with van der Waals surface area (Å²) in [7, 11) is 0. The Kier molecular flexibility index (Phi) is 2.84. The maximum atomic E-state index is 2.28. The van der Waals surface area contributed by atoms with Crippen LogP contribution in [-0.4, -0.2) is 0 Å². The molecule has 1 aromatic rings. The molecule has 0 fully saturated rings. The van der Waals surface area contributed by atoms with Gasteiger partial charge in [0.05, 0.1) is 0 Å². The van der Waals surface area contributed by atoms with Crippen molar-refractivity contribution >= 4 is 0 Å². The SMILES string of the molecule is Cc1cc(C)c([CH2][Zn])c(C)c1. The molecule has 0 saturated carbocycles. The first-order valence-electron chi connectivity index (χ1n) is 4.01. The molecule has 1 aromatic carbocycles. The van der Waals surface area contributed by atoms with Gasteiger partial charge in [-0.2, -0.15) is 0 Å². The van der Waals surface area contributed by atoms with E-state index in [1.807, 2.05) is 0 Å². The minimum atomic E-state index is 1.28. The Labute approximate surface area is 78.7 Å². The quantitative estimate of drug-likeness (QED) is 0.609. The van der Waals surface area contributed by atoms with Crippen LogP contribution in [0.2, 0.25) is 0 Å². The number of aryl methyl sites for hydroxylation is 3. The Hall–Kier alpha value is -0.157. The van der Waals surface area contributed by atoms with Crippen LogP contribution in [0.4, 0.5) is 0 Å². The molecule has 55 valence electrons. The molecule has 0 N–H and O–H groups in total. The van der Waals surface area contributed by atoms with E-state index in [4.69, 9.17) is 0 Å². The molecule has 1 heteroatoms. The summed E-state index contributed by atoms with van der Waals surface area (Å²) in [6, 6.07) is 4.55. The van der Waals surface area contributed by atoms with Crippen molar-refractivity contribution in [3.8, 4) is 0 Å². The molecule has 11 heavy (non-hydrogen) atoms. The van der Waals surface area contributed by atoms with Crippen molar-refractivity contribution in [3.63, 3.8) is 0 Å². The molecule has 0 heterocycles. The molecule has 0 aromatic heterocycles.